The van der Waals surface area contributed by atoms with Crippen LogP contribution in [0.25, 0.3) is 17.0 Å². The van der Waals surface area contributed by atoms with Crippen molar-refractivity contribution in [2.24, 2.45) is 0 Å². The van der Waals surface area contributed by atoms with Crippen LogP contribution >= 0.6 is 0 Å². The van der Waals surface area contributed by atoms with Gasteiger partial charge >= 0.3 is 5.63 Å². The normalized spacial score (nSPS) is 11.3. The highest BCUT2D eigenvalue weighted by Crippen LogP contribution is 2.30. The topological polar surface area (TPSA) is 39.4 Å². The zero-order valence-electron chi connectivity index (χ0n) is 14.1. The summed E-state index contributed by atoms with van der Waals surface area (Å²) in [6, 6.07) is 13.9. The molecule has 0 fully saturated rings. The Morgan fingerprint density at radius 1 is 1.04 bits per heavy atom. The Morgan fingerprint density at radius 3 is 2.54 bits per heavy atom. The third-order valence-corrected chi connectivity index (χ3v) is 4.10. The molecule has 0 atom stereocenters. The minimum Gasteiger partial charge on any atom is -0.489 e. The molecule has 122 valence electrons. The Hall–Kier alpha value is -2.81. The minimum absolute atomic E-state index is 0.291. The van der Waals surface area contributed by atoms with Crippen LogP contribution in [-0.4, -0.2) is 6.61 Å². The van der Waals surface area contributed by atoms with Crippen molar-refractivity contribution in [3.63, 3.8) is 0 Å². The van der Waals surface area contributed by atoms with E-state index in [1.54, 1.807) is 6.92 Å². The largest absolute Gasteiger partial charge is 0.489 e. The zero-order valence-corrected chi connectivity index (χ0v) is 14.1. The van der Waals surface area contributed by atoms with Crippen LogP contribution in [0.5, 0.6) is 5.75 Å². The zero-order chi connectivity index (χ0) is 17.1. The average Bonchev–Trinajstić information content (AvgIpc) is 2.57. The molecule has 0 aliphatic heterocycles. The average molecular weight is 320 g/mol. The summed E-state index contributed by atoms with van der Waals surface area (Å²) in [5.74, 6) is 0.743. The highest BCUT2D eigenvalue weighted by atomic mass is 16.5. The van der Waals surface area contributed by atoms with Crippen LogP contribution in [0.15, 0.2) is 57.8 Å². The standard InChI is InChI=1S/C21H20O3/c1-14-12-18(23-11-7-10-17-8-5-4-6-9-17)20-15(2)16(3)21(22)24-19(20)13-14/h4-10,12-13H,11H2,1-3H3. The quantitative estimate of drug-likeness (QED) is 0.648. The van der Waals surface area contributed by atoms with Gasteiger partial charge in [-0.1, -0.05) is 36.4 Å². The summed E-state index contributed by atoms with van der Waals surface area (Å²) in [6.07, 6.45) is 4.00. The van der Waals surface area contributed by atoms with Crippen LogP contribution in [-0.2, 0) is 0 Å². The second kappa shape index (κ2) is 6.75. The molecule has 3 nitrogen and oxygen atoms in total. The van der Waals surface area contributed by atoms with Gasteiger partial charge in [0.1, 0.15) is 17.9 Å². The predicted molar refractivity (Wildman–Crippen MR) is 97.7 cm³/mol. The van der Waals surface area contributed by atoms with Crippen LogP contribution in [0.3, 0.4) is 0 Å². The van der Waals surface area contributed by atoms with E-state index in [4.69, 9.17) is 9.15 Å². The molecule has 0 bridgehead atoms. The first-order valence-electron chi connectivity index (χ1n) is 7.95. The highest BCUT2D eigenvalue weighted by Gasteiger charge is 2.13. The summed E-state index contributed by atoms with van der Waals surface area (Å²) in [5, 5.41) is 0.866. The van der Waals surface area contributed by atoms with Gasteiger partial charge in [-0.15, -0.1) is 0 Å². The van der Waals surface area contributed by atoms with Gasteiger partial charge in [-0.05, 0) is 55.7 Å². The summed E-state index contributed by atoms with van der Waals surface area (Å²) < 4.78 is 11.4. The third kappa shape index (κ3) is 3.25. The number of hydrogen-bond acceptors (Lipinski definition) is 3. The summed E-state index contributed by atoms with van der Waals surface area (Å²) in [7, 11) is 0. The Labute approximate surface area is 141 Å². The lowest BCUT2D eigenvalue weighted by atomic mass is 10.0. The van der Waals surface area contributed by atoms with E-state index in [0.29, 0.717) is 17.8 Å². The summed E-state index contributed by atoms with van der Waals surface area (Å²) >= 11 is 0. The fraction of sp³-hybridized carbons (Fsp3) is 0.190. The van der Waals surface area contributed by atoms with Gasteiger partial charge in [0, 0.05) is 5.56 Å². The molecule has 3 aromatic rings. The van der Waals surface area contributed by atoms with Gasteiger partial charge in [0.05, 0.1) is 5.39 Å². The van der Waals surface area contributed by atoms with Crippen molar-refractivity contribution >= 4 is 17.0 Å². The molecule has 1 aromatic heterocycles. The van der Waals surface area contributed by atoms with Gasteiger partial charge in [0.2, 0.25) is 0 Å². The number of aryl methyl sites for hydroxylation is 2. The first-order valence-corrected chi connectivity index (χ1v) is 7.95. The summed E-state index contributed by atoms with van der Waals surface area (Å²) in [4.78, 5) is 11.9. The molecular formula is C21H20O3. The number of ether oxygens (including phenoxy) is 1. The number of rotatable bonds is 4. The van der Waals surface area contributed by atoms with E-state index < -0.39 is 0 Å². The molecule has 0 saturated heterocycles. The highest BCUT2D eigenvalue weighted by molar-refractivity contribution is 5.88. The Morgan fingerprint density at radius 2 is 1.79 bits per heavy atom. The van der Waals surface area contributed by atoms with Crippen molar-refractivity contribution in [1.29, 1.82) is 0 Å². The maximum atomic E-state index is 11.9. The van der Waals surface area contributed by atoms with E-state index in [2.05, 4.69) is 0 Å². The lowest BCUT2D eigenvalue weighted by molar-refractivity contribution is 0.367. The van der Waals surface area contributed by atoms with Crippen molar-refractivity contribution in [2.45, 2.75) is 20.8 Å². The molecule has 0 radical (unpaired) electrons. The van der Waals surface area contributed by atoms with Gasteiger partial charge in [0.25, 0.3) is 0 Å². The van der Waals surface area contributed by atoms with Crippen LogP contribution < -0.4 is 10.4 Å². The molecule has 3 rings (SSSR count). The molecule has 0 amide bonds. The van der Waals surface area contributed by atoms with Crippen LogP contribution in [0.1, 0.15) is 22.3 Å². The van der Waals surface area contributed by atoms with Gasteiger partial charge in [-0.3, -0.25) is 0 Å². The van der Waals surface area contributed by atoms with Crippen LogP contribution in [0.2, 0.25) is 0 Å². The van der Waals surface area contributed by atoms with Crippen LogP contribution in [0, 0.1) is 20.8 Å². The maximum absolute atomic E-state index is 11.9. The Balaban J connectivity index is 1.90. The van der Waals surface area contributed by atoms with E-state index in [1.165, 1.54) is 0 Å². The van der Waals surface area contributed by atoms with Gasteiger partial charge in [0.15, 0.2) is 0 Å². The predicted octanol–water partition coefficient (Wildman–Crippen LogP) is 4.81. The van der Waals surface area contributed by atoms with E-state index >= 15 is 0 Å². The monoisotopic (exact) mass is 320 g/mol. The van der Waals surface area contributed by atoms with Crippen molar-refractivity contribution < 1.29 is 9.15 Å². The molecule has 1 heterocycles. The van der Waals surface area contributed by atoms with Crippen molar-refractivity contribution in [3.8, 4) is 5.75 Å². The smallest absolute Gasteiger partial charge is 0.339 e. The van der Waals surface area contributed by atoms with Crippen LogP contribution in [0.4, 0.5) is 0 Å². The van der Waals surface area contributed by atoms with Gasteiger partial charge < -0.3 is 9.15 Å². The molecule has 0 aliphatic rings. The molecule has 2 aromatic carbocycles. The number of hydrogen-bond donors (Lipinski definition) is 0. The minimum atomic E-state index is -0.291. The second-order valence-corrected chi connectivity index (χ2v) is 5.90. The van der Waals surface area contributed by atoms with Crippen molar-refractivity contribution in [3.05, 3.63) is 81.2 Å². The van der Waals surface area contributed by atoms with E-state index in [1.807, 2.05) is 68.5 Å². The molecule has 0 N–H and O–H groups in total. The molecular weight excluding hydrogens is 300 g/mol. The lowest BCUT2D eigenvalue weighted by Gasteiger charge is -2.11. The molecule has 0 spiro atoms. The molecule has 0 saturated carbocycles. The molecule has 0 aliphatic carbocycles. The number of benzene rings is 2. The first-order chi connectivity index (χ1) is 11.6. The number of fused-ring (bicyclic) bond motifs is 1. The first kappa shape index (κ1) is 16.1. The summed E-state index contributed by atoms with van der Waals surface area (Å²) in [5.41, 5.74) is 3.94. The second-order valence-electron chi connectivity index (χ2n) is 5.90. The lowest BCUT2D eigenvalue weighted by Crippen LogP contribution is -2.07. The fourth-order valence-corrected chi connectivity index (χ4v) is 2.69. The van der Waals surface area contributed by atoms with Gasteiger partial charge in [-0.2, -0.15) is 0 Å². The van der Waals surface area contributed by atoms with Crippen molar-refractivity contribution in [1.82, 2.24) is 0 Å². The third-order valence-electron chi connectivity index (χ3n) is 4.10. The Kier molecular flexibility index (Phi) is 4.52. The van der Waals surface area contributed by atoms with Crippen molar-refractivity contribution in [2.75, 3.05) is 6.61 Å². The molecule has 3 heteroatoms. The Bertz CT molecular complexity index is 950. The summed E-state index contributed by atoms with van der Waals surface area (Å²) in [6.45, 7) is 6.11. The van der Waals surface area contributed by atoms with Gasteiger partial charge in [-0.25, -0.2) is 4.79 Å². The SMILES string of the molecule is Cc1cc(OCC=Cc2ccccc2)c2c(C)c(C)c(=O)oc2c1. The fourth-order valence-electron chi connectivity index (χ4n) is 2.69. The maximum Gasteiger partial charge on any atom is 0.339 e. The van der Waals surface area contributed by atoms with E-state index in [0.717, 1.165) is 27.8 Å². The van der Waals surface area contributed by atoms with E-state index in [-0.39, 0.29) is 5.63 Å². The van der Waals surface area contributed by atoms with E-state index in [9.17, 15) is 4.79 Å². The molecule has 24 heavy (non-hydrogen) atoms. The molecule has 0 unspecified atom stereocenters.